The van der Waals surface area contributed by atoms with E-state index in [4.69, 9.17) is 0 Å². The average Bonchev–Trinajstić information content (AvgIpc) is 1.61. The van der Waals surface area contributed by atoms with Gasteiger partial charge in [-0.25, -0.2) is 4.39 Å². The summed E-state index contributed by atoms with van der Waals surface area (Å²) in [4.78, 5) is 0. The Balaban J connectivity index is 2.85. The maximum Gasteiger partial charge on any atom is 0.343 e. The maximum absolute atomic E-state index is 12.2. The molecule has 0 aromatic heterocycles. The van der Waals surface area contributed by atoms with Crippen molar-refractivity contribution in [3.8, 4) is 0 Å². The van der Waals surface area contributed by atoms with Crippen LogP contribution in [0.25, 0.3) is 0 Å². The van der Waals surface area contributed by atoms with Crippen LogP contribution in [0.15, 0.2) is 0 Å². The first-order valence-corrected chi connectivity index (χ1v) is 2.65. The lowest BCUT2D eigenvalue weighted by Gasteiger charge is -2.46. The molecule has 0 aromatic rings. The van der Waals surface area contributed by atoms with Gasteiger partial charge in [0.1, 0.15) is 0 Å². The van der Waals surface area contributed by atoms with E-state index in [1.54, 1.807) is 0 Å². The van der Waals surface area contributed by atoms with E-state index in [2.05, 4.69) is 0 Å². The van der Waals surface area contributed by atoms with E-state index in [0.717, 1.165) is 0 Å². The fourth-order valence-corrected chi connectivity index (χ4v) is 0.914. The minimum absolute atomic E-state index is 0.477. The highest BCUT2D eigenvalue weighted by Gasteiger charge is 2.79. The lowest BCUT2D eigenvalue weighted by atomic mass is 9.75. The van der Waals surface area contributed by atoms with Crippen LogP contribution in [0.4, 0.5) is 22.0 Å². The van der Waals surface area contributed by atoms with Gasteiger partial charge in [-0.2, -0.15) is 17.6 Å². The molecule has 0 saturated heterocycles. The Morgan fingerprint density at radius 1 is 1.00 bits per heavy atom. The molecular formula is C5H5F5. The van der Waals surface area contributed by atoms with Gasteiger partial charge in [-0.3, -0.25) is 0 Å². The molecule has 5 heteroatoms. The zero-order valence-electron chi connectivity index (χ0n) is 5.10. The summed E-state index contributed by atoms with van der Waals surface area (Å²) in [5.74, 6) is -8.64. The van der Waals surface area contributed by atoms with Gasteiger partial charge >= 0.3 is 11.8 Å². The molecule has 0 amide bonds. The highest BCUT2D eigenvalue weighted by Crippen LogP contribution is 2.59. The molecule has 0 aromatic carbocycles. The second-order valence-electron chi connectivity index (χ2n) is 2.65. The van der Waals surface area contributed by atoms with Gasteiger partial charge in [0, 0.05) is 0 Å². The molecule has 1 rings (SSSR count). The maximum atomic E-state index is 12.2. The Labute approximate surface area is 54.0 Å². The normalized spacial score (nSPS) is 42.6. The predicted octanol–water partition coefficient (Wildman–Crippen LogP) is 2.39. The number of hydrogen-bond acceptors (Lipinski definition) is 0. The molecule has 1 fully saturated rings. The molecule has 1 aliphatic carbocycles. The van der Waals surface area contributed by atoms with E-state index in [1.807, 2.05) is 0 Å². The van der Waals surface area contributed by atoms with Crippen molar-refractivity contribution in [2.75, 3.05) is 0 Å². The molecule has 0 aliphatic heterocycles. The smallest absolute Gasteiger partial charge is 0.237 e. The topological polar surface area (TPSA) is 0 Å². The first-order chi connectivity index (χ1) is 4.21. The molecule has 0 radical (unpaired) electrons. The predicted molar refractivity (Wildman–Crippen MR) is 24.0 cm³/mol. The van der Waals surface area contributed by atoms with Crippen molar-refractivity contribution in [2.24, 2.45) is 0 Å². The molecular weight excluding hydrogens is 155 g/mol. The Bertz CT molecular complexity index is 143. The summed E-state index contributed by atoms with van der Waals surface area (Å²) in [5, 5.41) is 0. The monoisotopic (exact) mass is 160 g/mol. The number of hydrogen-bond donors (Lipinski definition) is 0. The largest absolute Gasteiger partial charge is 0.343 e. The molecule has 0 bridgehead atoms. The van der Waals surface area contributed by atoms with Crippen LogP contribution in [0.2, 0.25) is 0 Å². The second-order valence-corrected chi connectivity index (χ2v) is 2.65. The average molecular weight is 160 g/mol. The van der Waals surface area contributed by atoms with Gasteiger partial charge < -0.3 is 0 Å². The van der Waals surface area contributed by atoms with Crippen molar-refractivity contribution in [1.29, 1.82) is 0 Å². The lowest BCUT2D eigenvalue weighted by Crippen LogP contribution is -2.67. The van der Waals surface area contributed by atoms with Crippen molar-refractivity contribution in [3.63, 3.8) is 0 Å². The van der Waals surface area contributed by atoms with Crippen LogP contribution in [0.1, 0.15) is 13.3 Å². The van der Waals surface area contributed by atoms with E-state index >= 15 is 0 Å². The Hall–Kier alpha value is -0.350. The third-order valence-corrected chi connectivity index (χ3v) is 1.67. The summed E-state index contributed by atoms with van der Waals surface area (Å²) in [5.41, 5.74) is -3.03. The molecule has 0 heterocycles. The summed E-state index contributed by atoms with van der Waals surface area (Å²) >= 11 is 0. The molecule has 0 nitrogen and oxygen atoms in total. The standard InChI is InChI=1S/C5H5F5/c1-3(6)2-4(7,8)5(3,9)10/h2H2,1H3. The third-order valence-electron chi connectivity index (χ3n) is 1.67. The number of rotatable bonds is 0. The first-order valence-electron chi connectivity index (χ1n) is 2.65. The number of alkyl halides is 5. The summed E-state index contributed by atoms with van der Waals surface area (Å²) in [6.07, 6.45) is -1.38. The van der Waals surface area contributed by atoms with Crippen molar-refractivity contribution in [1.82, 2.24) is 0 Å². The fourth-order valence-electron chi connectivity index (χ4n) is 0.914. The van der Waals surface area contributed by atoms with E-state index < -0.39 is 23.9 Å². The van der Waals surface area contributed by atoms with Crippen molar-refractivity contribution in [2.45, 2.75) is 30.9 Å². The van der Waals surface area contributed by atoms with Crippen molar-refractivity contribution in [3.05, 3.63) is 0 Å². The van der Waals surface area contributed by atoms with Crippen LogP contribution in [-0.2, 0) is 0 Å². The Morgan fingerprint density at radius 2 is 1.40 bits per heavy atom. The van der Waals surface area contributed by atoms with Gasteiger partial charge in [0.25, 0.3) is 0 Å². The molecule has 60 valence electrons. The first kappa shape index (κ1) is 7.75. The van der Waals surface area contributed by atoms with Crippen LogP contribution >= 0.6 is 0 Å². The van der Waals surface area contributed by atoms with E-state index in [-0.39, 0.29) is 0 Å². The highest BCUT2D eigenvalue weighted by molar-refractivity contribution is 5.12. The quantitative estimate of drug-likeness (QED) is 0.477. The summed E-state index contributed by atoms with van der Waals surface area (Å²) in [7, 11) is 0. The minimum atomic E-state index is -4.49. The van der Waals surface area contributed by atoms with Gasteiger partial charge in [0.15, 0.2) is 5.67 Å². The SMILES string of the molecule is CC1(F)CC(F)(F)C1(F)F. The van der Waals surface area contributed by atoms with E-state index in [1.165, 1.54) is 0 Å². The molecule has 0 spiro atoms. The van der Waals surface area contributed by atoms with Crippen LogP contribution < -0.4 is 0 Å². The van der Waals surface area contributed by atoms with Gasteiger partial charge in [0.2, 0.25) is 0 Å². The molecule has 1 atom stereocenters. The van der Waals surface area contributed by atoms with E-state index in [0.29, 0.717) is 6.92 Å². The molecule has 1 saturated carbocycles. The van der Waals surface area contributed by atoms with Gasteiger partial charge in [-0.1, -0.05) is 0 Å². The fraction of sp³-hybridized carbons (Fsp3) is 1.00. The van der Waals surface area contributed by atoms with E-state index in [9.17, 15) is 22.0 Å². The summed E-state index contributed by atoms with van der Waals surface area (Å²) in [6.45, 7) is 0.477. The molecule has 1 unspecified atom stereocenters. The second kappa shape index (κ2) is 1.46. The lowest BCUT2D eigenvalue weighted by molar-refractivity contribution is -0.351. The van der Waals surface area contributed by atoms with Crippen LogP contribution in [0, 0.1) is 0 Å². The Kier molecular flexibility index (Phi) is 1.13. The molecule has 10 heavy (non-hydrogen) atoms. The van der Waals surface area contributed by atoms with Crippen LogP contribution in [0.3, 0.4) is 0 Å². The van der Waals surface area contributed by atoms with Crippen molar-refractivity contribution < 1.29 is 22.0 Å². The van der Waals surface area contributed by atoms with Crippen molar-refractivity contribution >= 4 is 0 Å². The number of halogens is 5. The highest BCUT2D eigenvalue weighted by atomic mass is 19.3. The minimum Gasteiger partial charge on any atom is -0.237 e. The molecule has 1 aliphatic rings. The van der Waals surface area contributed by atoms with Gasteiger partial charge in [-0.05, 0) is 6.92 Å². The summed E-state index contributed by atoms with van der Waals surface area (Å²) in [6, 6.07) is 0. The zero-order valence-corrected chi connectivity index (χ0v) is 5.10. The van der Waals surface area contributed by atoms with Gasteiger partial charge in [0.05, 0.1) is 6.42 Å². The zero-order chi connectivity index (χ0) is 8.21. The summed E-state index contributed by atoms with van der Waals surface area (Å²) < 4.78 is 59.8. The Morgan fingerprint density at radius 3 is 1.40 bits per heavy atom. The van der Waals surface area contributed by atoms with Crippen LogP contribution in [-0.4, -0.2) is 17.5 Å². The molecule has 0 N–H and O–H groups in total. The van der Waals surface area contributed by atoms with Gasteiger partial charge in [-0.15, -0.1) is 0 Å². The third kappa shape index (κ3) is 0.605. The van der Waals surface area contributed by atoms with Crippen LogP contribution in [0.5, 0.6) is 0 Å².